The van der Waals surface area contributed by atoms with Gasteiger partial charge in [0.15, 0.2) is 5.16 Å². The van der Waals surface area contributed by atoms with Gasteiger partial charge in [-0.25, -0.2) is 4.98 Å². The molecule has 1 heterocycles. The van der Waals surface area contributed by atoms with Gasteiger partial charge in [0.05, 0.1) is 5.92 Å². The Hall–Kier alpha value is -1.86. The Morgan fingerprint density at radius 2 is 2.20 bits per heavy atom. The number of nitrogens with zero attached hydrogens (tertiary/aromatic N) is 2. The van der Waals surface area contributed by atoms with Crippen LogP contribution in [0.5, 0.6) is 0 Å². The minimum absolute atomic E-state index is 0.0364. The number of benzene rings is 1. The van der Waals surface area contributed by atoms with Gasteiger partial charge in [0, 0.05) is 17.1 Å². The summed E-state index contributed by atoms with van der Waals surface area (Å²) in [7, 11) is 0. The minimum Gasteiger partial charge on any atom is -0.330 e. The molecule has 106 valence electrons. The van der Waals surface area contributed by atoms with Crippen LogP contribution in [0, 0.1) is 5.92 Å². The number of aromatic nitrogens is 3. The molecular formula is C13H17N5OS. The molecule has 0 aliphatic carbocycles. The Morgan fingerprint density at radius 1 is 1.45 bits per heavy atom. The largest absolute Gasteiger partial charge is 0.330 e. The third kappa shape index (κ3) is 3.82. The lowest BCUT2D eigenvalue weighted by Gasteiger charge is -2.12. The molecule has 0 bridgehead atoms. The summed E-state index contributed by atoms with van der Waals surface area (Å²) in [4.78, 5) is 17.0. The molecule has 2 aromatic rings. The van der Waals surface area contributed by atoms with Crippen LogP contribution in [0.3, 0.4) is 0 Å². The molecule has 1 aromatic carbocycles. The monoisotopic (exact) mass is 291 g/mol. The SMILES string of the molecule is CCC(CN)C(=O)Nc1ccc(Sc2ncn[nH]2)cc1. The van der Waals surface area contributed by atoms with Crippen molar-refractivity contribution in [2.75, 3.05) is 11.9 Å². The van der Waals surface area contributed by atoms with Crippen molar-refractivity contribution >= 4 is 23.4 Å². The first-order chi connectivity index (χ1) is 9.72. The number of anilines is 1. The molecule has 0 radical (unpaired) electrons. The van der Waals surface area contributed by atoms with Crippen LogP contribution in [0.15, 0.2) is 40.6 Å². The van der Waals surface area contributed by atoms with Crippen LogP contribution in [0.2, 0.25) is 0 Å². The van der Waals surface area contributed by atoms with Crippen LogP contribution >= 0.6 is 11.8 Å². The maximum atomic E-state index is 11.9. The third-order valence-corrected chi connectivity index (χ3v) is 3.78. The molecule has 0 fully saturated rings. The number of nitrogens with one attached hydrogen (secondary N) is 2. The quantitative estimate of drug-likeness (QED) is 0.755. The number of H-pyrrole nitrogens is 1. The smallest absolute Gasteiger partial charge is 0.228 e. The van der Waals surface area contributed by atoms with Gasteiger partial charge in [-0.05, 0) is 30.7 Å². The van der Waals surface area contributed by atoms with E-state index < -0.39 is 0 Å². The number of hydrogen-bond donors (Lipinski definition) is 3. The molecule has 1 unspecified atom stereocenters. The molecule has 0 spiro atoms. The normalized spacial score (nSPS) is 12.1. The first-order valence-electron chi connectivity index (χ1n) is 6.37. The van der Waals surface area contributed by atoms with Gasteiger partial charge in [-0.2, -0.15) is 5.10 Å². The fourth-order valence-corrected chi connectivity index (χ4v) is 2.36. The van der Waals surface area contributed by atoms with Crippen LogP contribution < -0.4 is 11.1 Å². The number of nitrogens with two attached hydrogens (primary N) is 1. The maximum absolute atomic E-state index is 11.9. The van der Waals surface area contributed by atoms with Gasteiger partial charge >= 0.3 is 0 Å². The first-order valence-corrected chi connectivity index (χ1v) is 7.18. The number of carbonyl (C=O) groups is 1. The summed E-state index contributed by atoms with van der Waals surface area (Å²) in [6.45, 7) is 2.32. The number of aromatic amines is 1. The predicted molar refractivity (Wildman–Crippen MR) is 78.4 cm³/mol. The van der Waals surface area contributed by atoms with Crippen molar-refractivity contribution in [3.63, 3.8) is 0 Å². The van der Waals surface area contributed by atoms with Crippen molar-refractivity contribution in [3.8, 4) is 0 Å². The average molecular weight is 291 g/mol. The minimum atomic E-state index is -0.141. The van der Waals surface area contributed by atoms with Crippen molar-refractivity contribution in [2.45, 2.75) is 23.4 Å². The zero-order chi connectivity index (χ0) is 14.4. The molecule has 20 heavy (non-hydrogen) atoms. The van der Waals surface area contributed by atoms with Crippen LogP contribution in [0.4, 0.5) is 5.69 Å². The summed E-state index contributed by atoms with van der Waals surface area (Å²) in [6, 6.07) is 7.57. The second-order valence-corrected chi connectivity index (χ2v) is 5.31. The van der Waals surface area contributed by atoms with E-state index in [1.165, 1.54) is 18.1 Å². The van der Waals surface area contributed by atoms with E-state index in [9.17, 15) is 4.79 Å². The Morgan fingerprint density at radius 3 is 2.75 bits per heavy atom. The lowest BCUT2D eigenvalue weighted by Crippen LogP contribution is -2.28. The molecule has 2 rings (SSSR count). The van der Waals surface area contributed by atoms with E-state index in [1.54, 1.807) is 0 Å². The molecule has 0 aliphatic heterocycles. The van der Waals surface area contributed by atoms with Crippen LogP contribution in [-0.4, -0.2) is 27.6 Å². The van der Waals surface area contributed by atoms with Crippen molar-refractivity contribution in [1.29, 1.82) is 0 Å². The van der Waals surface area contributed by atoms with Gasteiger partial charge in [-0.15, -0.1) is 0 Å². The van der Waals surface area contributed by atoms with Crippen molar-refractivity contribution in [3.05, 3.63) is 30.6 Å². The van der Waals surface area contributed by atoms with E-state index in [4.69, 9.17) is 5.73 Å². The van der Waals surface area contributed by atoms with Gasteiger partial charge in [-0.3, -0.25) is 9.89 Å². The summed E-state index contributed by atoms with van der Waals surface area (Å²) in [5, 5.41) is 10.2. The average Bonchev–Trinajstić information content (AvgIpc) is 2.95. The van der Waals surface area contributed by atoms with Crippen molar-refractivity contribution in [1.82, 2.24) is 15.2 Å². The molecule has 7 heteroatoms. The summed E-state index contributed by atoms with van der Waals surface area (Å²) in [5.74, 6) is -0.177. The fraction of sp³-hybridized carbons (Fsp3) is 0.308. The van der Waals surface area contributed by atoms with Crippen LogP contribution in [-0.2, 0) is 4.79 Å². The third-order valence-electron chi connectivity index (χ3n) is 2.88. The van der Waals surface area contributed by atoms with Crippen molar-refractivity contribution in [2.24, 2.45) is 11.7 Å². The van der Waals surface area contributed by atoms with E-state index in [0.717, 1.165) is 22.2 Å². The first kappa shape index (κ1) is 14.5. The fourth-order valence-electron chi connectivity index (χ4n) is 1.66. The molecule has 6 nitrogen and oxygen atoms in total. The van der Waals surface area contributed by atoms with Crippen molar-refractivity contribution < 1.29 is 4.79 Å². The van der Waals surface area contributed by atoms with E-state index in [2.05, 4.69) is 20.5 Å². The summed E-state index contributed by atoms with van der Waals surface area (Å²) < 4.78 is 0. The molecular weight excluding hydrogens is 274 g/mol. The molecule has 1 aromatic heterocycles. The topological polar surface area (TPSA) is 96.7 Å². The molecule has 0 saturated heterocycles. The van der Waals surface area contributed by atoms with E-state index >= 15 is 0 Å². The highest BCUT2D eigenvalue weighted by molar-refractivity contribution is 7.99. The van der Waals surface area contributed by atoms with E-state index in [0.29, 0.717) is 6.54 Å². The Kier molecular flexibility index (Phi) is 5.14. The Bertz CT molecular complexity index is 536. The second kappa shape index (κ2) is 7.06. The van der Waals surface area contributed by atoms with Crippen LogP contribution in [0.25, 0.3) is 0 Å². The standard InChI is InChI=1S/C13H17N5OS/c1-2-9(7-14)12(19)17-10-3-5-11(6-4-10)20-13-15-8-16-18-13/h3-6,8-9H,2,7,14H2,1H3,(H,17,19)(H,15,16,18). The molecule has 4 N–H and O–H groups in total. The maximum Gasteiger partial charge on any atom is 0.228 e. The predicted octanol–water partition coefficient (Wildman–Crippen LogP) is 1.88. The van der Waals surface area contributed by atoms with Gasteiger partial charge in [0.1, 0.15) is 6.33 Å². The highest BCUT2D eigenvalue weighted by atomic mass is 32.2. The number of carbonyl (C=O) groups excluding carboxylic acids is 1. The Balaban J connectivity index is 1.96. The zero-order valence-electron chi connectivity index (χ0n) is 11.2. The lowest BCUT2D eigenvalue weighted by atomic mass is 10.1. The second-order valence-electron chi connectivity index (χ2n) is 4.25. The number of amides is 1. The molecule has 0 saturated carbocycles. The zero-order valence-corrected chi connectivity index (χ0v) is 12.0. The van der Waals surface area contributed by atoms with Gasteiger partial charge < -0.3 is 11.1 Å². The summed E-state index contributed by atoms with van der Waals surface area (Å²) in [6.07, 6.45) is 2.20. The highest BCUT2D eigenvalue weighted by Gasteiger charge is 2.14. The molecule has 0 aliphatic rings. The molecule has 1 amide bonds. The van der Waals surface area contributed by atoms with Crippen LogP contribution in [0.1, 0.15) is 13.3 Å². The van der Waals surface area contributed by atoms with Gasteiger partial charge in [0.25, 0.3) is 0 Å². The summed E-state index contributed by atoms with van der Waals surface area (Å²) in [5.41, 5.74) is 6.32. The molecule has 1 atom stereocenters. The number of rotatable bonds is 6. The Labute approximate surface area is 121 Å². The van der Waals surface area contributed by atoms with Gasteiger partial charge in [0.2, 0.25) is 5.91 Å². The highest BCUT2D eigenvalue weighted by Crippen LogP contribution is 2.25. The summed E-state index contributed by atoms with van der Waals surface area (Å²) >= 11 is 1.48. The van der Waals surface area contributed by atoms with E-state index in [-0.39, 0.29) is 11.8 Å². The van der Waals surface area contributed by atoms with E-state index in [1.807, 2.05) is 31.2 Å². The lowest BCUT2D eigenvalue weighted by molar-refractivity contribution is -0.119. The number of hydrogen-bond acceptors (Lipinski definition) is 5. The van der Waals surface area contributed by atoms with Gasteiger partial charge in [-0.1, -0.05) is 18.7 Å².